The van der Waals surface area contributed by atoms with Crippen LogP contribution in [0.4, 0.5) is 0 Å². The molecule has 12 amide bonds. The number of aliphatic hydroxyl groups excluding tert-OH is 1. The summed E-state index contributed by atoms with van der Waals surface area (Å²) in [6, 6.07) is -3.45. The number of benzene rings is 1. The lowest BCUT2D eigenvalue weighted by atomic mass is 9.44. The monoisotopic (exact) mass is 2120 g/mol. The number of primary amides is 2. The number of aliphatic carboxylic acids is 2. The average Bonchev–Trinajstić information content (AvgIpc) is 1.64. The molecule has 5 rings (SSSR count). The number of rotatable bonds is 83. The highest BCUT2D eigenvalue weighted by atomic mass is 16.6. The summed E-state index contributed by atoms with van der Waals surface area (Å²) < 4.78 is 72.8. The number of carboxylic acid groups (broad SMARTS) is 2. The number of fused-ring (bicyclic) bond motifs is 5. The van der Waals surface area contributed by atoms with E-state index in [9.17, 15) is 82.1 Å². The second-order valence-electron chi connectivity index (χ2n) is 41.6. The molecule has 850 valence electrons. The molecule has 1 aromatic rings. The maximum absolute atomic E-state index is 14.0. The fourth-order valence-corrected chi connectivity index (χ4v) is 20.3. The second-order valence-corrected chi connectivity index (χ2v) is 41.6. The van der Waals surface area contributed by atoms with Crippen LogP contribution in [-0.2, 0) is 140 Å². The Morgan fingerprint density at radius 1 is 0.403 bits per heavy atom. The molecule has 4 aliphatic rings. The van der Waals surface area contributed by atoms with Crippen molar-refractivity contribution < 1.29 is 149 Å². The molecular formula is C105H179N13O31. The van der Waals surface area contributed by atoms with Crippen LogP contribution in [0.15, 0.2) is 30.3 Å². The number of amides is 12. The molecule has 0 saturated heterocycles. The minimum absolute atomic E-state index is 0.0133. The van der Waals surface area contributed by atoms with Gasteiger partial charge in [-0.25, -0.2) is 0 Å². The molecule has 149 heavy (non-hydrogen) atoms. The summed E-state index contributed by atoms with van der Waals surface area (Å²) in [6.07, 6.45) is 9.47. The summed E-state index contributed by atoms with van der Waals surface area (Å²) in [7, 11) is 0. The van der Waals surface area contributed by atoms with Crippen molar-refractivity contribution in [2.75, 3.05) is 172 Å². The Hall–Kier alpha value is -9.29. The van der Waals surface area contributed by atoms with Gasteiger partial charge in [-0.2, -0.15) is 0 Å². The normalized spacial score (nSPS) is 20.6. The Balaban J connectivity index is 0.809. The van der Waals surface area contributed by atoms with E-state index in [2.05, 4.69) is 87.8 Å². The fourth-order valence-electron chi connectivity index (χ4n) is 20.3. The highest BCUT2D eigenvalue weighted by Crippen LogP contribution is 2.68. The predicted molar refractivity (Wildman–Crippen MR) is 548 cm³/mol. The van der Waals surface area contributed by atoms with Gasteiger partial charge in [-0.1, -0.05) is 126 Å². The summed E-state index contributed by atoms with van der Waals surface area (Å²) in [5, 5.41) is 55.8. The van der Waals surface area contributed by atoms with Crippen molar-refractivity contribution in [1.82, 2.24) is 53.2 Å². The number of nitrogens with two attached hydrogens (primary N) is 3. The van der Waals surface area contributed by atoms with E-state index < -0.39 is 187 Å². The second kappa shape index (κ2) is 72.3. The van der Waals surface area contributed by atoms with Gasteiger partial charge in [-0.3, -0.25) is 71.9 Å². The van der Waals surface area contributed by atoms with Gasteiger partial charge in [0.1, 0.15) is 48.4 Å². The van der Waals surface area contributed by atoms with Crippen molar-refractivity contribution in [3.63, 3.8) is 0 Å². The first-order valence-corrected chi connectivity index (χ1v) is 53.6. The number of carbonyl (C=O) groups is 15. The number of carboxylic acids is 2. The molecule has 19 N–H and O–H groups in total. The molecule has 0 aliphatic heterocycles. The van der Waals surface area contributed by atoms with Gasteiger partial charge in [0, 0.05) is 45.2 Å². The third-order valence-corrected chi connectivity index (χ3v) is 28.4. The number of carbonyl (C=O) groups excluding carboxylic acids is 13. The fraction of sp³-hybridized carbons (Fsp3) is 0.800. The Morgan fingerprint density at radius 2 is 0.872 bits per heavy atom. The number of ether oxygens (including phenoxy) is 13. The molecule has 0 heterocycles. The van der Waals surface area contributed by atoms with Crippen molar-refractivity contribution in [3.05, 3.63) is 35.9 Å². The first-order chi connectivity index (χ1) is 71.0. The van der Waals surface area contributed by atoms with E-state index in [-0.39, 0.29) is 121 Å². The summed E-state index contributed by atoms with van der Waals surface area (Å²) in [4.78, 5) is 195. The third-order valence-electron chi connectivity index (χ3n) is 28.4. The van der Waals surface area contributed by atoms with Crippen molar-refractivity contribution in [3.8, 4) is 0 Å². The molecule has 4 saturated carbocycles. The minimum atomic E-state index is -1.65. The zero-order valence-electron chi connectivity index (χ0n) is 90.2. The molecule has 19 atom stereocenters. The molecule has 0 radical (unpaired) electrons. The first-order valence-electron chi connectivity index (χ1n) is 53.6. The van der Waals surface area contributed by atoms with E-state index in [4.69, 9.17) is 83.9 Å². The van der Waals surface area contributed by atoms with Crippen LogP contribution in [0.3, 0.4) is 0 Å². The Bertz CT molecular complexity index is 4160. The number of nitrogens with one attached hydrogen (secondary N) is 10. The van der Waals surface area contributed by atoms with Gasteiger partial charge in [0.25, 0.3) is 0 Å². The van der Waals surface area contributed by atoms with Crippen LogP contribution in [0.1, 0.15) is 230 Å². The molecule has 0 spiro atoms. The van der Waals surface area contributed by atoms with Crippen LogP contribution in [0.25, 0.3) is 0 Å². The van der Waals surface area contributed by atoms with Gasteiger partial charge in [-0.05, 0) is 160 Å². The summed E-state index contributed by atoms with van der Waals surface area (Å²) in [5.41, 5.74) is 18.3. The summed E-state index contributed by atoms with van der Waals surface area (Å²) >= 11 is 0. The van der Waals surface area contributed by atoms with Gasteiger partial charge in [-0.15, -0.1) is 0 Å². The topological polar surface area (TPSA) is 635 Å². The van der Waals surface area contributed by atoms with Crippen LogP contribution in [0, 0.1) is 70.0 Å². The number of hydrogen-bond donors (Lipinski definition) is 16. The molecule has 0 aromatic heterocycles. The van der Waals surface area contributed by atoms with Crippen molar-refractivity contribution in [2.45, 2.75) is 297 Å². The molecule has 44 nitrogen and oxygen atoms in total. The molecular weight excluding hydrogens is 1940 g/mol. The van der Waals surface area contributed by atoms with Crippen molar-refractivity contribution in [1.29, 1.82) is 0 Å². The Kier molecular flexibility index (Phi) is 63.2. The van der Waals surface area contributed by atoms with Crippen LogP contribution >= 0.6 is 0 Å². The highest BCUT2D eigenvalue weighted by Gasteiger charge is 2.61. The van der Waals surface area contributed by atoms with Gasteiger partial charge in [0.05, 0.1) is 196 Å². The SMILES string of the molecule is CC(C)CCC[C@@H](C)[C@H]1CC[C@H]2[C@@H]3CC[C@H]4C[C@@H](OC(=O)C[C@H](NC(=O)CCOCCOCCOCCOCCOCCOCCNC(=O)CCOCCOCCOCCOCCOCCOCCNC(=O)[C@H](Cc5ccccc5)NC(=O)[C@H](CCC(=O)O)NC(=O)[C@H](C)NC(=O)[C@@H](NC(=O)C[C@H](O)[C@H](CC(C)C)NC(=O)[C@H](CC(N)=O)NC(=O)[C@@H](NC(=O)[C@@H](N)CCC(=O)O)C(C)C)C(C)C)C(N)=O)CC[C@]4(C)[C@H]3CC[C@]12C. The Labute approximate surface area is 878 Å². The lowest BCUT2D eigenvalue weighted by Crippen LogP contribution is -2.59. The van der Waals surface area contributed by atoms with E-state index >= 15 is 0 Å². The predicted octanol–water partition coefficient (Wildman–Crippen LogP) is 3.29. The number of hydrogen-bond acceptors (Lipinski definition) is 30. The molecule has 4 aliphatic carbocycles. The summed E-state index contributed by atoms with van der Waals surface area (Å²) in [6.45, 7) is 30.8. The van der Waals surface area contributed by atoms with E-state index in [1.807, 2.05) is 0 Å². The zero-order chi connectivity index (χ0) is 110. The van der Waals surface area contributed by atoms with Crippen LogP contribution in [-0.4, -0.2) is 342 Å². The van der Waals surface area contributed by atoms with Crippen molar-refractivity contribution in [2.24, 2.45) is 87.2 Å². The van der Waals surface area contributed by atoms with E-state index in [1.165, 1.54) is 64.7 Å². The maximum atomic E-state index is 14.0. The van der Waals surface area contributed by atoms with Gasteiger partial charge < -0.3 is 147 Å². The molecule has 4 fully saturated rings. The Morgan fingerprint density at radius 3 is 1.38 bits per heavy atom. The van der Waals surface area contributed by atoms with Gasteiger partial charge in [0.2, 0.25) is 70.9 Å². The summed E-state index contributed by atoms with van der Waals surface area (Å²) in [5.74, 6) is -8.67. The molecule has 44 heteroatoms. The standard InChI is InChI=1S/C105H179N13O31/c1-67(2)17-16-18-71(9)77-23-24-78-76-22-21-74-63-75(29-33-104(74,11)79(76)30-34-105(77,78)12)149-93(128)65-83(96(108)129)112-89(122)32-38-138-42-46-142-50-54-146-58-59-147-55-51-143-47-43-139-39-35-109-88(121)31-37-137-41-45-141-49-53-145-57-60-148-56-52-144-48-44-140-40-36-110-99(132)84(62-73-19-14-13-15-20-73)115-100(133)81(26-28-92(126)127)113-97(130)72(10)111-102(135)94(69(5)6)117-90(123)66-86(119)82(61-68(3)4)114-101(134)85(64-87(107)120)116-103(136)95(70(7)8)118-98(131)80(106)25-27-91(124)125/h13-15,19-20,67-72,74-86,94-95,119H,16-18,21-66,106H2,1-12H3,(H2,107,120)(H2,108,129)(H,109,121)(H,110,132)(H,111,135)(H,112,122)(H,113,130)(H,114,134)(H,115,133)(H,116,136)(H,117,123)(H,118,131)(H,124,125)(H,126,127)/t71-,72+,74+,75+,76+,77-,78+,79+,80+,81+,82+,83+,84+,85+,86+,94+,95+,104+,105-/m1/s1. The van der Waals surface area contributed by atoms with E-state index in [0.29, 0.717) is 129 Å². The zero-order valence-corrected chi connectivity index (χ0v) is 90.2. The van der Waals surface area contributed by atoms with E-state index in [1.54, 1.807) is 71.9 Å². The lowest BCUT2D eigenvalue weighted by molar-refractivity contribution is -0.164. The van der Waals surface area contributed by atoms with Gasteiger partial charge >= 0.3 is 17.9 Å². The van der Waals surface area contributed by atoms with Crippen LogP contribution in [0.5, 0.6) is 0 Å². The average molecular weight is 2120 g/mol. The molecule has 0 unspecified atom stereocenters. The van der Waals surface area contributed by atoms with Crippen molar-refractivity contribution >= 4 is 88.8 Å². The molecule has 1 aromatic carbocycles. The third kappa shape index (κ3) is 51.3. The lowest BCUT2D eigenvalue weighted by Gasteiger charge is -2.61. The highest BCUT2D eigenvalue weighted by molar-refractivity contribution is 5.97. The van der Waals surface area contributed by atoms with Crippen LogP contribution < -0.4 is 70.4 Å². The van der Waals surface area contributed by atoms with Gasteiger partial charge in [0.15, 0.2) is 0 Å². The number of aliphatic hydroxyl groups is 1. The first kappa shape index (κ1) is 130. The van der Waals surface area contributed by atoms with Crippen LogP contribution in [0.2, 0.25) is 0 Å². The smallest absolute Gasteiger partial charge is 0.308 e. The minimum Gasteiger partial charge on any atom is -0.481 e. The quantitative estimate of drug-likeness (QED) is 0.0329. The van der Waals surface area contributed by atoms with E-state index in [0.717, 1.165) is 54.8 Å². The largest absolute Gasteiger partial charge is 0.481 e. The molecule has 0 bridgehead atoms. The maximum Gasteiger partial charge on any atom is 0.308 e. The number of esters is 1.